The van der Waals surface area contributed by atoms with Gasteiger partial charge < -0.3 is 10.1 Å². The summed E-state index contributed by atoms with van der Waals surface area (Å²) in [4.78, 5) is 11.9. The number of methoxy groups -OCH3 is 1. The van der Waals surface area contributed by atoms with Gasteiger partial charge in [0, 0.05) is 13.7 Å². The molecule has 0 spiro atoms. The van der Waals surface area contributed by atoms with Crippen molar-refractivity contribution in [3.05, 3.63) is 11.6 Å². The highest BCUT2D eigenvalue weighted by molar-refractivity contribution is 5.96. The predicted molar refractivity (Wildman–Crippen MR) is 65.5 cm³/mol. The second-order valence-corrected chi connectivity index (χ2v) is 4.28. The molecule has 0 saturated carbocycles. The number of hydrogen-bond acceptors (Lipinski definition) is 3. The van der Waals surface area contributed by atoms with Crippen LogP contribution in [-0.4, -0.2) is 32.6 Å². The molecule has 0 saturated heterocycles. The van der Waals surface area contributed by atoms with E-state index in [9.17, 15) is 4.79 Å². The van der Waals surface area contributed by atoms with Crippen LogP contribution in [0.3, 0.4) is 0 Å². The van der Waals surface area contributed by atoms with Gasteiger partial charge in [-0.1, -0.05) is 18.9 Å². The van der Waals surface area contributed by atoms with Crippen molar-refractivity contribution in [2.24, 2.45) is 0 Å². The van der Waals surface area contributed by atoms with E-state index in [0.717, 1.165) is 31.4 Å². The molecule has 1 aliphatic rings. The zero-order valence-corrected chi connectivity index (χ0v) is 10.3. The lowest BCUT2D eigenvalue weighted by Gasteiger charge is -2.10. The predicted octanol–water partition coefficient (Wildman–Crippen LogP) is 2.07. The van der Waals surface area contributed by atoms with Crippen LogP contribution in [0.15, 0.2) is 11.6 Å². The summed E-state index contributed by atoms with van der Waals surface area (Å²) < 4.78 is 4.92. The molecule has 92 valence electrons. The third-order valence-corrected chi connectivity index (χ3v) is 2.92. The first-order chi connectivity index (χ1) is 7.84. The van der Waals surface area contributed by atoms with Crippen LogP contribution in [0.1, 0.15) is 38.5 Å². The van der Waals surface area contributed by atoms with Crippen molar-refractivity contribution in [3.8, 4) is 0 Å². The maximum atomic E-state index is 11.9. The summed E-state index contributed by atoms with van der Waals surface area (Å²) in [5.74, 6) is 0.262. The molecule has 1 rings (SSSR count). The van der Waals surface area contributed by atoms with Crippen LogP contribution in [0.2, 0.25) is 0 Å². The Labute approximate surface area is 98.2 Å². The molecule has 0 aliphatic heterocycles. The van der Waals surface area contributed by atoms with E-state index < -0.39 is 0 Å². The fraction of sp³-hybridized carbons (Fsp3) is 0.769. The second-order valence-electron chi connectivity index (χ2n) is 4.28. The van der Waals surface area contributed by atoms with Crippen molar-refractivity contribution in [2.45, 2.75) is 38.5 Å². The Morgan fingerprint density at radius 3 is 3.00 bits per heavy atom. The van der Waals surface area contributed by atoms with Crippen LogP contribution >= 0.6 is 0 Å². The molecular formula is C13H23NO2. The van der Waals surface area contributed by atoms with Gasteiger partial charge in [0.25, 0.3) is 0 Å². The van der Waals surface area contributed by atoms with Crippen molar-refractivity contribution in [1.29, 1.82) is 0 Å². The standard InChI is InChI=1S/C13H23NO2/c1-16-10-9-14-11-13(15)12-7-5-3-2-4-6-8-12/h7,14H,2-6,8-11H2,1H3. The molecule has 0 radical (unpaired) electrons. The minimum atomic E-state index is 0.262. The molecule has 0 heterocycles. The highest BCUT2D eigenvalue weighted by atomic mass is 16.5. The molecule has 0 amide bonds. The molecule has 0 aromatic heterocycles. The zero-order chi connectivity index (χ0) is 11.6. The molecule has 3 nitrogen and oxygen atoms in total. The van der Waals surface area contributed by atoms with E-state index >= 15 is 0 Å². The van der Waals surface area contributed by atoms with E-state index in [4.69, 9.17) is 4.74 Å². The molecule has 0 aromatic carbocycles. The molecule has 0 bridgehead atoms. The highest BCUT2D eigenvalue weighted by Gasteiger charge is 2.10. The van der Waals surface area contributed by atoms with Crippen molar-refractivity contribution < 1.29 is 9.53 Å². The molecule has 1 aliphatic carbocycles. The Hall–Kier alpha value is -0.670. The Kier molecular flexibility index (Phi) is 7.10. The summed E-state index contributed by atoms with van der Waals surface area (Å²) in [7, 11) is 1.67. The number of rotatable bonds is 6. The maximum absolute atomic E-state index is 11.9. The molecule has 3 heteroatoms. The van der Waals surface area contributed by atoms with E-state index in [-0.39, 0.29) is 5.78 Å². The molecule has 0 fully saturated rings. The van der Waals surface area contributed by atoms with E-state index in [1.807, 2.05) is 0 Å². The monoisotopic (exact) mass is 225 g/mol. The first kappa shape index (κ1) is 13.4. The summed E-state index contributed by atoms with van der Waals surface area (Å²) >= 11 is 0. The minimum absolute atomic E-state index is 0.262. The average Bonchev–Trinajstić information content (AvgIpc) is 2.23. The molecule has 1 N–H and O–H groups in total. The second kappa shape index (κ2) is 8.48. The largest absolute Gasteiger partial charge is 0.383 e. The zero-order valence-electron chi connectivity index (χ0n) is 10.3. The summed E-state index contributed by atoms with van der Waals surface area (Å²) in [6, 6.07) is 0. The lowest BCUT2D eigenvalue weighted by Crippen LogP contribution is -2.27. The Balaban J connectivity index is 2.27. The van der Waals surface area contributed by atoms with E-state index in [1.165, 1.54) is 19.3 Å². The van der Waals surface area contributed by atoms with Gasteiger partial charge in [-0.2, -0.15) is 0 Å². The Bertz CT molecular complexity index is 236. The summed E-state index contributed by atoms with van der Waals surface area (Å²) in [6.07, 6.45) is 9.14. The van der Waals surface area contributed by atoms with Gasteiger partial charge in [0.15, 0.2) is 5.78 Å². The Morgan fingerprint density at radius 2 is 2.19 bits per heavy atom. The van der Waals surface area contributed by atoms with E-state index in [0.29, 0.717) is 13.2 Å². The van der Waals surface area contributed by atoms with Gasteiger partial charge >= 0.3 is 0 Å². The fourth-order valence-corrected chi connectivity index (χ4v) is 1.93. The van der Waals surface area contributed by atoms with Crippen LogP contribution in [0.4, 0.5) is 0 Å². The van der Waals surface area contributed by atoms with Crippen LogP contribution in [0, 0.1) is 0 Å². The molecule has 16 heavy (non-hydrogen) atoms. The summed E-state index contributed by atoms with van der Waals surface area (Å²) in [5, 5.41) is 3.10. The van der Waals surface area contributed by atoms with Gasteiger partial charge in [-0.25, -0.2) is 0 Å². The number of nitrogens with one attached hydrogen (secondary N) is 1. The number of Topliss-reactive ketones (excluding diaryl/α,β-unsaturated/α-hetero) is 1. The normalized spacial score (nSPS) is 17.4. The lowest BCUT2D eigenvalue weighted by molar-refractivity contribution is -0.115. The van der Waals surface area contributed by atoms with Crippen molar-refractivity contribution >= 4 is 5.78 Å². The van der Waals surface area contributed by atoms with Gasteiger partial charge in [-0.15, -0.1) is 0 Å². The summed E-state index contributed by atoms with van der Waals surface area (Å²) in [5.41, 5.74) is 1.03. The van der Waals surface area contributed by atoms with Crippen LogP contribution < -0.4 is 5.32 Å². The highest BCUT2D eigenvalue weighted by Crippen LogP contribution is 2.17. The number of allylic oxidation sites excluding steroid dienone is 1. The third-order valence-electron chi connectivity index (χ3n) is 2.92. The average molecular weight is 225 g/mol. The molecule has 0 aromatic rings. The SMILES string of the molecule is COCCNCC(=O)C1=CCCCCCC1. The van der Waals surface area contributed by atoms with Gasteiger partial charge in [0.2, 0.25) is 0 Å². The van der Waals surface area contributed by atoms with Gasteiger partial charge in [0.1, 0.15) is 0 Å². The summed E-state index contributed by atoms with van der Waals surface area (Å²) in [6.45, 7) is 1.86. The first-order valence-corrected chi connectivity index (χ1v) is 6.26. The molecular weight excluding hydrogens is 202 g/mol. The number of ether oxygens (including phenoxy) is 1. The number of carbonyl (C=O) groups excluding carboxylic acids is 1. The van der Waals surface area contributed by atoms with E-state index in [2.05, 4.69) is 11.4 Å². The van der Waals surface area contributed by atoms with Gasteiger partial charge in [-0.3, -0.25) is 4.79 Å². The minimum Gasteiger partial charge on any atom is -0.383 e. The fourth-order valence-electron chi connectivity index (χ4n) is 1.93. The smallest absolute Gasteiger partial charge is 0.172 e. The third kappa shape index (κ3) is 5.42. The van der Waals surface area contributed by atoms with Crippen LogP contribution in [-0.2, 0) is 9.53 Å². The molecule has 0 atom stereocenters. The van der Waals surface area contributed by atoms with E-state index in [1.54, 1.807) is 7.11 Å². The Morgan fingerprint density at radius 1 is 1.38 bits per heavy atom. The number of ketones is 1. The van der Waals surface area contributed by atoms with Crippen LogP contribution in [0.5, 0.6) is 0 Å². The van der Waals surface area contributed by atoms with Gasteiger partial charge in [-0.05, 0) is 31.3 Å². The van der Waals surface area contributed by atoms with Crippen LogP contribution in [0.25, 0.3) is 0 Å². The van der Waals surface area contributed by atoms with Crippen molar-refractivity contribution in [2.75, 3.05) is 26.8 Å². The molecule has 0 unspecified atom stereocenters. The maximum Gasteiger partial charge on any atom is 0.172 e. The quantitative estimate of drug-likeness (QED) is 0.703. The number of hydrogen-bond donors (Lipinski definition) is 1. The topological polar surface area (TPSA) is 38.3 Å². The number of carbonyl (C=O) groups is 1. The lowest BCUT2D eigenvalue weighted by atomic mass is 9.97. The van der Waals surface area contributed by atoms with Crippen molar-refractivity contribution in [1.82, 2.24) is 5.32 Å². The first-order valence-electron chi connectivity index (χ1n) is 6.26. The van der Waals surface area contributed by atoms with Crippen molar-refractivity contribution in [3.63, 3.8) is 0 Å². The van der Waals surface area contributed by atoms with Gasteiger partial charge in [0.05, 0.1) is 13.2 Å².